The van der Waals surface area contributed by atoms with Crippen LogP contribution in [0.25, 0.3) is 0 Å². The molecule has 1 rings (SSSR count). The first kappa shape index (κ1) is 14.7. The van der Waals surface area contributed by atoms with Crippen molar-refractivity contribution in [3.8, 4) is 0 Å². The molecule has 0 aliphatic carbocycles. The Kier molecular flexibility index (Phi) is 5.22. The first-order valence-corrected chi connectivity index (χ1v) is 7.08. The third-order valence-electron chi connectivity index (χ3n) is 2.36. The normalized spacial score (nSPS) is 22.1. The fourth-order valence-corrected chi connectivity index (χ4v) is 2.45. The lowest BCUT2D eigenvalue weighted by atomic mass is 10.1. The van der Waals surface area contributed by atoms with Crippen LogP contribution in [0.15, 0.2) is 0 Å². The molecule has 1 fully saturated rings. The maximum absolute atomic E-state index is 11.5. The summed E-state index contributed by atoms with van der Waals surface area (Å²) in [4.78, 5) is 22.5. The average Bonchev–Trinajstić information content (AvgIpc) is 2.58. The topological polar surface area (TPSA) is 52.6 Å². The molecule has 0 aromatic rings. The third-order valence-corrected chi connectivity index (χ3v) is 3.79. The molecular weight excluding hydrogens is 335 g/mol. The molecule has 0 unspecified atom stereocenters. The van der Waals surface area contributed by atoms with Crippen molar-refractivity contribution in [3.05, 3.63) is 0 Å². The summed E-state index contributed by atoms with van der Waals surface area (Å²) < 4.78 is 10.6. The summed E-state index contributed by atoms with van der Waals surface area (Å²) in [7, 11) is 0. The van der Waals surface area contributed by atoms with Gasteiger partial charge in [-0.3, -0.25) is 9.59 Å². The monoisotopic (exact) mass is 354 g/mol. The summed E-state index contributed by atoms with van der Waals surface area (Å²) in [6.07, 6.45) is 2.29. The highest BCUT2D eigenvalue weighted by atomic mass is 127. The van der Waals surface area contributed by atoms with Gasteiger partial charge in [0.25, 0.3) is 0 Å². The first-order chi connectivity index (χ1) is 7.78. The number of esters is 2. The molecule has 0 bridgehead atoms. The first-order valence-electron chi connectivity index (χ1n) is 5.83. The van der Waals surface area contributed by atoms with Crippen molar-refractivity contribution in [2.24, 2.45) is 0 Å². The molecule has 1 aliphatic rings. The number of carbonyl (C=O) groups excluding carboxylic acids is 2. The number of ether oxygens (including phenoxy) is 2. The van der Waals surface area contributed by atoms with Gasteiger partial charge in [-0.15, -0.1) is 0 Å². The summed E-state index contributed by atoms with van der Waals surface area (Å²) in [6, 6.07) is 0. The number of halogens is 1. The zero-order valence-corrected chi connectivity index (χ0v) is 12.7. The maximum atomic E-state index is 11.5. The molecule has 0 N–H and O–H groups in total. The number of carbonyl (C=O) groups is 2. The van der Waals surface area contributed by atoms with Crippen LogP contribution in [0.2, 0.25) is 0 Å². The molecule has 17 heavy (non-hydrogen) atoms. The van der Waals surface area contributed by atoms with Crippen LogP contribution in [0.5, 0.6) is 0 Å². The Labute approximate surface area is 116 Å². The van der Waals surface area contributed by atoms with E-state index in [2.05, 4.69) is 22.6 Å². The fourth-order valence-electron chi connectivity index (χ4n) is 1.64. The smallest absolute Gasteiger partial charge is 0.306 e. The maximum Gasteiger partial charge on any atom is 0.306 e. The second kappa shape index (κ2) is 6.02. The van der Waals surface area contributed by atoms with Gasteiger partial charge in [-0.05, 0) is 33.6 Å². The highest BCUT2D eigenvalue weighted by molar-refractivity contribution is 14.1. The van der Waals surface area contributed by atoms with Crippen LogP contribution >= 0.6 is 22.6 Å². The average molecular weight is 354 g/mol. The Morgan fingerprint density at radius 2 is 2.24 bits per heavy atom. The lowest BCUT2D eigenvalue weighted by molar-refractivity contribution is -0.154. The third kappa shape index (κ3) is 5.70. The van der Waals surface area contributed by atoms with E-state index < -0.39 is 5.60 Å². The largest absolute Gasteiger partial charge is 0.461 e. The fraction of sp³-hybridized carbons (Fsp3) is 0.833. The quantitative estimate of drug-likeness (QED) is 0.443. The van der Waals surface area contributed by atoms with Crippen LogP contribution in [0.4, 0.5) is 0 Å². The molecular formula is C12H19IO4. The van der Waals surface area contributed by atoms with Gasteiger partial charge < -0.3 is 9.47 Å². The second-order valence-corrected chi connectivity index (χ2v) is 6.81. The Morgan fingerprint density at radius 3 is 2.71 bits per heavy atom. The van der Waals surface area contributed by atoms with Gasteiger partial charge in [0.2, 0.25) is 0 Å². The minimum atomic E-state index is -0.433. The van der Waals surface area contributed by atoms with E-state index in [4.69, 9.17) is 9.47 Å². The van der Waals surface area contributed by atoms with Gasteiger partial charge in [-0.1, -0.05) is 22.6 Å². The van der Waals surface area contributed by atoms with E-state index in [-0.39, 0.29) is 22.0 Å². The van der Waals surface area contributed by atoms with Gasteiger partial charge in [-0.25, -0.2) is 0 Å². The molecule has 0 aromatic carbocycles. The van der Waals surface area contributed by atoms with E-state index in [0.29, 0.717) is 19.3 Å². The number of alkyl halides is 1. The van der Waals surface area contributed by atoms with Crippen molar-refractivity contribution in [1.82, 2.24) is 0 Å². The van der Waals surface area contributed by atoms with E-state index in [1.54, 1.807) is 0 Å². The molecule has 0 saturated carbocycles. The van der Waals surface area contributed by atoms with Crippen LogP contribution in [0.3, 0.4) is 0 Å². The Bertz CT molecular complexity index is 295. The molecule has 4 nitrogen and oxygen atoms in total. The Hall–Kier alpha value is -0.330. The van der Waals surface area contributed by atoms with E-state index in [9.17, 15) is 9.59 Å². The molecule has 0 aromatic heterocycles. The summed E-state index contributed by atoms with van der Waals surface area (Å²) in [5.41, 5.74) is -0.433. The van der Waals surface area contributed by atoms with Gasteiger partial charge in [0.1, 0.15) is 11.7 Å². The number of hydrogen-bond acceptors (Lipinski definition) is 4. The highest BCUT2D eigenvalue weighted by Gasteiger charge is 2.30. The lowest BCUT2D eigenvalue weighted by Crippen LogP contribution is -2.26. The summed E-state index contributed by atoms with van der Waals surface area (Å²) in [6.45, 7) is 5.56. The molecule has 1 saturated heterocycles. The lowest BCUT2D eigenvalue weighted by Gasteiger charge is -2.21. The van der Waals surface area contributed by atoms with Crippen LogP contribution in [-0.4, -0.2) is 27.6 Å². The van der Waals surface area contributed by atoms with Crippen LogP contribution < -0.4 is 0 Å². The van der Waals surface area contributed by atoms with Crippen LogP contribution in [0, 0.1) is 0 Å². The van der Waals surface area contributed by atoms with E-state index in [1.807, 2.05) is 20.8 Å². The van der Waals surface area contributed by atoms with Gasteiger partial charge in [-0.2, -0.15) is 0 Å². The molecule has 5 heteroatoms. The van der Waals surface area contributed by atoms with E-state index in [0.717, 1.165) is 6.42 Å². The van der Waals surface area contributed by atoms with Gasteiger partial charge >= 0.3 is 11.9 Å². The van der Waals surface area contributed by atoms with Gasteiger partial charge in [0.05, 0.1) is 0 Å². The second-order valence-electron chi connectivity index (χ2n) is 5.21. The molecule has 0 amide bonds. The molecule has 2 atom stereocenters. The highest BCUT2D eigenvalue weighted by Crippen LogP contribution is 2.25. The van der Waals surface area contributed by atoms with Crippen LogP contribution in [0.1, 0.15) is 46.5 Å². The Morgan fingerprint density at radius 1 is 1.59 bits per heavy atom. The number of cyclic esters (lactones) is 1. The van der Waals surface area contributed by atoms with E-state index >= 15 is 0 Å². The molecule has 0 radical (unpaired) electrons. The van der Waals surface area contributed by atoms with Gasteiger partial charge in [0.15, 0.2) is 0 Å². The van der Waals surface area contributed by atoms with Crippen molar-refractivity contribution in [3.63, 3.8) is 0 Å². The number of hydrogen-bond donors (Lipinski definition) is 0. The van der Waals surface area contributed by atoms with E-state index in [1.165, 1.54) is 0 Å². The standard InChI is InChI=1S/C12H19IO4/c1-12(2,3)17-11(15)6-4-8(13)9-5-7-10(14)16-9/h8-9H,4-7H2,1-3H3/t8-,9+/m0/s1. The minimum Gasteiger partial charge on any atom is -0.461 e. The zero-order chi connectivity index (χ0) is 13.1. The Balaban J connectivity index is 2.26. The van der Waals surface area contributed by atoms with Crippen molar-refractivity contribution in [2.45, 2.75) is 62.1 Å². The van der Waals surface area contributed by atoms with Crippen LogP contribution in [-0.2, 0) is 19.1 Å². The SMILES string of the molecule is CC(C)(C)OC(=O)CC[C@H](I)[C@H]1CCC(=O)O1. The summed E-state index contributed by atoms with van der Waals surface area (Å²) >= 11 is 2.24. The summed E-state index contributed by atoms with van der Waals surface area (Å²) in [5, 5.41) is 0. The molecule has 1 aliphatic heterocycles. The molecule has 0 spiro atoms. The molecule has 98 valence electrons. The van der Waals surface area contributed by atoms with Crippen molar-refractivity contribution in [1.29, 1.82) is 0 Å². The number of rotatable bonds is 4. The summed E-state index contributed by atoms with van der Waals surface area (Å²) in [5.74, 6) is -0.322. The zero-order valence-electron chi connectivity index (χ0n) is 10.5. The van der Waals surface area contributed by atoms with Crippen molar-refractivity contribution in [2.75, 3.05) is 0 Å². The predicted molar refractivity (Wildman–Crippen MR) is 72.0 cm³/mol. The van der Waals surface area contributed by atoms with Gasteiger partial charge in [0, 0.05) is 16.8 Å². The predicted octanol–water partition coefficient (Wildman–Crippen LogP) is 2.62. The van der Waals surface area contributed by atoms with Crippen molar-refractivity contribution < 1.29 is 19.1 Å². The minimum absolute atomic E-state index is 0.0365. The molecule has 1 heterocycles. The van der Waals surface area contributed by atoms with Crippen molar-refractivity contribution >= 4 is 34.5 Å².